The molecule has 0 amide bonds. The molecule has 3 heteroatoms. The van der Waals surface area contributed by atoms with E-state index in [4.69, 9.17) is 0 Å². The predicted molar refractivity (Wildman–Crippen MR) is 232 cm³/mol. The first-order chi connectivity index (χ1) is 26.4. The van der Waals surface area contributed by atoms with Crippen molar-refractivity contribution in [2.45, 2.75) is 32.6 Å². The third kappa shape index (κ3) is 5.34. The maximum Gasteiger partial charge on any atom is 0.243 e. The fourth-order valence-electron chi connectivity index (χ4n) is 8.84. The molecule has 0 spiro atoms. The Bertz CT molecular complexity index is 2660. The molecule has 2 heterocycles. The van der Waals surface area contributed by atoms with Crippen LogP contribution < -0.4 is 20.7 Å². The zero-order valence-electron chi connectivity index (χ0n) is 31.0. The molecule has 0 N–H and O–H groups in total. The molecular formula is C51H41BN2. The number of hydrogen-bond donors (Lipinski definition) is 0. The number of anilines is 5. The molecule has 258 valence electrons. The van der Waals surface area contributed by atoms with Crippen molar-refractivity contribution in [1.82, 2.24) is 0 Å². The van der Waals surface area contributed by atoms with E-state index in [0.717, 1.165) is 17.8 Å². The topological polar surface area (TPSA) is 6.48 Å². The van der Waals surface area contributed by atoms with Crippen LogP contribution in [-0.4, -0.2) is 6.71 Å². The molecule has 7 aromatic rings. The first-order valence-electron chi connectivity index (χ1n) is 19.1. The van der Waals surface area contributed by atoms with Gasteiger partial charge in [-0.1, -0.05) is 159 Å². The molecule has 2 aliphatic heterocycles. The van der Waals surface area contributed by atoms with Crippen LogP contribution in [0, 0.1) is 0 Å². The highest BCUT2D eigenvalue weighted by Gasteiger charge is 2.41. The van der Waals surface area contributed by atoms with Crippen LogP contribution in [0.1, 0.15) is 38.3 Å². The summed E-state index contributed by atoms with van der Waals surface area (Å²) in [6.45, 7) is 6.98. The lowest BCUT2D eigenvalue weighted by Gasteiger charge is -2.41. The molecule has 3 aliphatic rings. The Morgan fingerprint density at radius 1 is 0.611 bits per heavy atom. The Morgan fingerprint density at radius 2 is 1.31 bits per heavy atom. The van der Waals surface area contributed by atoms with E-state index >= 15 is 0 Å². The fourth-order valence-corrected chi connectivity index (χ4v) is 8.84. The van der Waals surface area contributed by atoms with Crippen molar-refractivity contribution < 1.29 is 0 Å². The third-order valence-corrected chi connectivity index (χ3v) is 11.5. The van der Waals surface area contributed by atoms with E-state index in [9.17, 15) is 0 Å². The highest BCUT2D eigenvalue weighted by atomic mass is 15.2. The van der Waals surface area contributed by atoms with Crippen LogP contribution in [-0.2, 0) is 5.41 Å². The van der Waals surface area contributed by atoms with Crippen molar-refractivity contribution in [1.29, 1.82) is 0 Å². The molecule has 2 nitrogen and oxygen atoms in total. The number of fused-ring (bicyclic) bond motifs is 7. The minimum absolute atomic E-state index is 0.112. The number of nitrogens with zero attached hydrogens (tertiary/aromatic N) is 2. The van der Waals surface area contributed by atoms with E-state index in [1.54, 1.807) is 0 Å². The van der Waals surface area contributed by atoms with Gasteiger partial charge in [0.1, 0.15) is 0 Å². The van der Waals surface area contributed by atoms with Crippen molar-refractivity contribution in [3.8, 4) is 11.1 Å². The Hall–Kier alpha value is -6.32. The molecule has 0 radical (unpaired) electrons. The van der Waals surface area contributed by atoms with Gasteiger partial charge in [-0.3, -0.25) is 0 Å². The van der Waals surface area contributed by atoms with Crippen LogP contribution >= 0.6 is 0 Å². The van der Waals surface area contributed by atoms with Crippen molar-refractivity contribution in [3.63, 3.8) is 0 Å². The quantitative estimate of drug-likeness (QED) is 0.166. The molecule has 54 heavy (non-hydrogen) atoms. The molecule has 0 saturated carbocycles. The molecule has 1 aliphatic carbocycles. The fraction of sp³-hybridized carbons (Fsp3) is 0.0980. The van der Waals surface area contributed by atoms with Gasteiger partial charge in [0.2, 0.25) is 6.71 Å². The Kier molecular flexibility index (Phi) is 7.59. The van der Waals surface area contributed by atoms with Gasteiger partial charge in [0.25, 0.3) is 0 Å². The molecule has 7 aromatic carbocycles. The van der Waals surface area contributed by atoms with Crippen LogP contribution in [0.4, 0.5) is 28.4 Å². The smallest absolute Gasteiger partial charge is 0.243 e. The van der Waals surface area contributed by atoms with E-state index in [1.165, 1.54) is 77.8 Å². The number of para-hydroxylation sites is 2. The zero-order chi connectivity index (χ0) is 36.4. The van der Waals surface area contributed by atoms with Gasteiger partial charge < -0.3 is 9.80 Å². The number of hydrogen-bond acceptors (Lipinski definition) is 2. The highest BCUT2D eigenvalue weighted by Crippen LogP contribution is 2.45. The Balaban J connectivity index is 1.16. The summed E-state index contributed by atoms with van der Waals surface area (Å²) in [4.78, 5) is 4.92. The van der Waals surface area contributed by atoms with Gasteiger partial charge in [-0.05, 0) is 105 Å². The largest absolute Gasteiger partial charge is 0.312 e. The minimum Gasteiger partial charge on any atom is -0.312 e. The van der Waals surface area contributed by atoms with Crippen LogP contribution in [0.5, 0.6) is 0 Å². The van der Waals surface area contributed by atoms with Crippen LogP contribution in [0.15, 0.2) is 193 Å². The van der Waals surface area contributed by atoms with Gasteiger partial charge in [-0.25, -0.2) is 0 Å². The summed E-state index contributed by atoms with van der Waals surface area (Å²) in [5.74, 6) is 0. The maximum absolute atomic E-state index is 2.50. The molecule has 10 rings (SSSR count). The summed E-state index contributed by atoms with van der Waals surface area (Å²) in [6.07, 6.45) is 7.86. The molecule has 0 fully saturated rings. The summed E-state index contributed by atoms with van der Waals surface area (Å²) in [7, 11) is 0. The summed E-state index contributed by atoms with van der Waals surface area (Å²) in [5, 5.41) is 2.47. The second-order valence-corrected chi connectivity index (χ2v) is 15.8. The van der Waals surface area contributed by atoms with Gasteiger partial charge in [0, 0.05) is 33.8 Å². The van der Waals surface area contributed by atoms with E-state index in [1.807, 2.05) is 0 Å². The first kappa shape index (κ1) is 32.3. The van der Waals surface area contributed by atoms with Crippen molar-refractivity contribution in [2.24, 2.45) is 0 Å². The van der Waals surface area contributed by atoms with Gasteiger partial charge in [0.15, 0.2) is 0 Å². The van der Waals surface area contributed by atoms with E-state index in [2.05, 4.69) is 213 Å². The second-order valence-electron chi connectivity index (χ2n) is 15.8. The average Bonchev–Trinajstić information content (AvgIpc) is 3.41. The van der Waals surface area contributed by atoms with Gasteiger partial charge in [0.05, 0.1) is 5.69 Å². The van der Waals surface area contributed by atoms with Crippen LogP contribution in [0.2, 0.25) is 0 Å². The maximum atomic E-state index is 2.50. The second kappa shape index (κ2) is 12.7. The zero-order valence-corrected chi connectivity index (χ0v) is 31.0. The van der Waals surface area contributed by atoms with Gasteiger partial charge in [-0.2, -0.15) is 0 Å². The summed E-state index contributed by atoms with van der Waals surface area (Å²) >= 11 is 0. The van der Waals surface area contributed by atoms with Gasteiger partial charge in [-0.15, -0.1) is 0 Å². The molecule has 0 atom stereocenters. The minimum atomic E-state index is 0.112. The Labute approximate surface area is 319 Å². The predicted octanol–water partition coefficient (Wildman–Crippen LogP) is 12.2. The normalized spacial score (nSPS) is 14.4. The monoisotopic (exact) mass is 692 g/mol. The SMILES string of the molecule is CC(C)(C)c1ccc(-c2ccc3c(c2)N(c2ccccc2)C2=C4CC(=CC=C2)c2cc(N(c5ccccc5)c5cccc6ccccc56)ccc2B43)cc1. The number of allylic oxidation sites excluding steroid dienone is 5. The molecule has 0 unspecified atom stereocenters. The van der Waals surface area contributed by atoms with Crippen molar-refractivity contribution >= 4 is 62.4 Å². The summed E-state index contributed by atoms with van der Waals surface area (Å²) in [6, 6.07) is 60.5. The van der Waals surface area contributed by atoms with E-state index in [-0.39, 0.29) is 12.1 Å². The highest BCUT2D eigenvalue weighted by molar-refractivity contribution is 6.93. The summed E-state index contributed by atoms with van der Waals surface area (Å²) in [5.41, 5.74) is 18.0. The number of benzene rings is 7. The van der Waals surface area contributed by atoms with Crippen molar-refractivity contribution in [3.05, 3.63) is 204 Å². The standard InChI is InChI=1S/C51H41BN2/c1-51(2,3)39-27-24-35(25-28-39)37-26-30-46-50(33-37)54(41-19-8-5-9-20-41)49-23-13-16-38-32-47(49)52(46)45-31-29-42(34-44(38)45)53(40-17-6-4-7-18-40)48-22-12-15-36-14-10-11-21-43(36)48/h4-31,33-34H,32H2,1-3H3. The molecule has 0 aromatic heterocycles. The molecule has 2 bridgehead atoms. The van der Waals surface area contributed by atoms with Gasteiger partial charge >= 0.3 is 0 Å². The van der Waals surface area contributed by atoms with E-state index < -0.39 is 0 Å². The lowest BCUT2D eigenvalue weighted by Crippen LogP contribution is -2.53. The van der Waals surface area contributed by atoms with Crippen LogP contribution in [0.3, 0.4) is 0 Å². The number of rotatable bonds is 5. The Morgan fingerprint density at radius 3 is 2.11 bits per heavy atom. The van der Waals surface area contributed by atoms with Crippen molar-refractivity contribution in [2.75, 3.05) is 9.80 Å². The molecular weight excluding hydrogens is 651 g/mol. The first-order valence-corrected chi connectivity index (χ1v) is 19.1. The average molecular weight is 693 g/mol. The molecule has 0 saturated heterocycles. The van der Waals surface area contributed by atoms with E-state index in [0.29, 0.717) is 0 Å². The lowest BCUT2D eigenvalue weighted by molar-refractivity contribution is 0.590. The lowest BCUT2D eigenvalue weighted by atomic mass is 9.31. The van der Waals surface area contributed by atoms with Crippen LogP contribution in [0.25, 0.3) is 27.5 Å². The third-order valence-electron chi connectivity index (χ3n) is 11.5. The summed E-state index contributed by atoms with van der Waals surface area (Å²) < 4.78 is 0.